The van der Waals surface area contributed by atoms with Crippen molar-refractivity contribution in [3.8, 4) is 11.5 Å². The van der Waals surface area contributed by atoms with Crippen molar-refractivity contribution >= 4 is 35.0 Å². The van der Waals surface area contributed by atoms with Crippen LogP contribution in [0.2, 0.25) is 0 Å². The number of thioether (sulfide) groups is 1. The molecule has 0 bridgehead atoms. The van der Waals surface area contributed by atoms with Crippen molar-refractivity contribution in [1.29, 1.82) is 0 Å². The van der Waals surface area contributed by atoms with E-state index in [0.29, 0.717) is 5.56 Å². The molecular weight excluding hydrogens is 310 g/mol. The fourth-order valence-electron chi connectivity index (χ4n) is 1.84. The minimum atomic E-state index is -1.08. The fraction of sp³-hybridized carbons (Fsp3) is 0.214. The SMILES string of the molecule is COc1cc(/C=C2/SC(=O)N(CCC(=O)O)C2=O)ccc1O. The molecule has 2 N–H and O–H groups in total. The fourth-order valence-corrected chi connectivity index (χ4v) is 2.70. The van der Waals surface area contributed by atoms with E-state index in [1.54, 1.807) is 6.07 Å². The number of phenolic OH excluding ortho intramolecular Hbond substituents is 1. The number of aromatic hydroxyl groups is 1. The van der Waals surface area contributed by atoms with Crippen LogP contribution in [0.3, 0.4) is 0 Å². The third-order valence-corrected chi connectivity index (χ3v) is 3.83. The molecule has 2 rings (SSSR count). The zero-order valence-electron chi connectivity index (χ0n) is 11.6. The third-order valence-electron chi connectivity index (χ3n) is 2.92. The van der Waals surface area contributed by atoms with Gasteiger partial charge in [-0.05, 0) is 35.5 Å². The second-order valence-electron chi connectivity index (χ2n) is 4.41. The molecule has 1 aromatic rings. The van der Waals surface area contributed by atoms with Crippen molar-refractivity contribution in [2.75, 3.05) is 13.7 Å². The Labute approximate surface area is 130 Å². The molecule has 1 saturated heterocycles. The lowest BCUT2D eigenvalue weighted by molar-refractivity contribution is -0.137. The molecule has 116 valence electrons. The Hall–Kier alpha value is -2.48. The largest absolute Gasteiger partial charge is 0.504 e. The molecule has 1 aliphatic rings. The van der Waals surface area contributed by atoms with Crippen molar-refractivity contribution in [3.63, 3.8) is 0 Å². The van der Waals surface area contributed by atoms with Gasteiger partial charge in [0.05, 0.1) is 18.4 Å². The summed E-state index contributed by atoms with van der Waals surface area (Å²) in [6.07, 6.45) is 1.20. The molecule has 22 heavy (non-hydrogen) atoms. The van der Waals surface area contributed by atoms with Gasteiger partial charge in [-0.3, -0.25) is 19.3 Å². The number of phenols is 1. The highest BCUT2D eigenvalue weighted by Gasteiger charge is 2.35. The lowest BCUT2D eigenvalue weighted by Gasteiger charge is -2.09. The Kier molecular flexibility index (Phi) is 4.71. The minimum absolute atomic E-state index is 0.0331. The first-order valence-electron chi connectivity index (χ1n) is 6.26. The maximum Gasteiger partial charge on any atom is 0.305 e. The van der Waals surface area contributed by atoms with Gasteiger partial charge < -0.3 is 14.9 Å². The number of carbonyl (C=O) groups excluding carboxylic acids is 2. The van der Waals surface area contributed by atoms with E-state index < -0.39 is 17.1 Å². The predicted molar refractivity (Wildman–Crippen MR) is 79.6 cm³/mol. The van der Waals surface area contributed by atoms with E-state index in [4.69, 9.17) is 9.84 Å². The topological polar surface area (TPSA) is 104 Å². The molecule has 7 nitrogen and oxygen atoms in total. The summed E-state index contributed by atoms with van der Waals surface area (Å²) in [7, 11) is 1.40. The van der Waals surface area contributed by atoms with Crippen LogP contribution < -0.4 is 4.74 Å². The molecule has 0 unspecified atom stereocenters. The molecule has 2 amide bonds. The zero-order chi connectivity index (χ0) is 16.3. The van der Waals surface area contributed by atoms with Gasteiger partial charge in [0, 0.05) is 6.54 Å². The number of carbonyl (C=O) groups is 3. The van der Waals surface area contributed by atoms with E-state index in [1.807, 2.05) is 0 Å². The van der Waals surface area contributed by atoms with Crippen LogP contribution >= 0.6 is 11.8 Å². The lowest BCUT2D eigenvalue weighted by atomic mass is 10.2. The Morgan fingerprint density at radius 2 is 2.14 bits per heavy atom. The van der Waals surface area contributed by atoms with Gasteiger partial charge in [-0.25, -0.2) is 0 Å². The number of carboxylic acids is 1. The average molecular weight is 323 g/mol. The van der Waals surface area contributed by atoms with Crippen molar-refractivity contribution in [3.05, 3.63) is 28.7 Å². The maximum absolute atomic E-state index is 12.1. The molecular formula is C14H13NO6S. The van der Waals surface area contributed by atoms with Crippen LogP contribution in [0.4, 0.5) is 4.79 Å². The van der Waals surface area contributed by atoms with Crippen molar-refractivity contribution in [2.24, 2.45) is 0 Å². The third kappa shape index (κ3) is 3.40. The van der Waals surface area contributed by atoms with Gasteiger partial charge in [-0.1, -0.05) is 6.07 Å². The first-order valence-corrected chi connectivity index (χ1v) is 7.08. The van der Waals surface area contributed by atoms with Crippen LogP contribution in [0.15, 0.2) is 23.1 Å². The molecule has 0 aliphatic carbocycles. The van der Waals surface area contributed by atoms with Crippen LogP contribution in [0.25, 0.3) is 6.08 Å². The number of nitrogens with zero attached hydrogens (tertiary/aromatic N) is 1. The van der Waals surface area contributed by atoms with Gasteiger partial charge in [-0.15, -0.1) is 0 Å². The number of hydrogen-bond donors (Lipinski definition) is 2. The van der Waals surface area contributed by atoms with E-state index in [0.717, 1.165) is 16.7 Å². The number of carboxylic acid groups (broad SMARTS) is 1. The Balaban J connectivity index is 2.21. The number of rotatable bonds is 5. The first kappa shape index (κ1) is 15.9. The van der Waals surface area contributed by atoms with E-state index in [2.05, 4.69) is 0 Å². The lowest BCUT2D eigenvalue weighted by Crippen LogP contribution is -2.30. The smallest absolute Gasteiger partial charge is 0.305 e. The Morgan fingerprint density at radius 1 is 1.41 bits per heavy atom. The number of amides is 2. The van der Waals surface area contributed by atoms with Gasteiger partial charge in [-0.2, -0.15) is 0 Å². The van der Waals surface area contributed by atoms with E-state index in [-0.39, 0.29) is 29.4 Å². The molecule has 8 heteroatoms. The van der Waals surface area contributed by atoms with E-state index in [1.165, 1.54) is 25.3 Å². The molecule has 0 spiro atoms. The summed E-state index contributed by atoms with van der Waals surface area (Å²) in [6.45, 7) is -0.157. The molecule has 0 saturated carbocycles. The average Bonchev–Trinajstić information content (AvgIpc) is 2.73. The van der Waals surface area contributed by atoms with Gasteiger partial charge in [0.1, 0.15) is 0 Å². The Bertz CT molecular complexity index is 669. The highest BCUT2D eigenvalue weighted by Crippen LogP contribution is 2.34. The molecule has 0 radical (unpaired) electrons. The van der Waals surface area contributed by atoms with Gasteiger partial charge in [0.15, 0.2) is 11.5 Å². The van der Waals surface area contributed by atoms with Crippen LogP contribution in [-0.4, -0.2) is 45.9 Å². The zero-order valence-corrected chi connectivity index (χ0v) is 12.4. The van der Waals surface area contributed by atoms with Crippen molar-refractivity contribution in [2.45, 2.75) is 6.42 Å². The quantitative estimate of drug-likeness (QED) is 0.798. The van der Waals surface area contributed by atoms with E-state index in [9.17, 15) is 19.5 Å². The summed E-state index contributed by atoms with van der Waals surface area (Å²) >= 11 is 0.748. The summed E-state index contributed by atoms with van der Waals surface area (Å²) < 4.78 is 4.97. The summed E-state index contributed by atoms with van der Waals surface area (Å²) in [6, 6.07) is 4.52. The number of imide groups is 1. The van der Waals surface area contributed by atoms with Gasteiger partial charge in [0.2, 0.25) is 0 Å². The molecule has 0 aromatic heterocycles. The second kappa shape index (κ2) is 6.52. The highest BCUT2D eigenvalue weighted by molar-refractivity contribution is 8.18. The molecule has 1 heterocycles. The first-order chi connectivity index (χ1) is 10.4. The van der Waals surface area contributed by atoms with E-state index >= 15 is 0 Å². The van der Waals surface area contributed by atoms with Gasteiger partial charge in [0.25, 0.3) is 11.1 Å². The van der Waals surface area contributed by atoms with Crippen LogP contribution in [-0.2, 0) is 9.59 Å². The van der Waals surface area contributed by atoms with Crippen molar-refractivity contribution in [1.82, 2.24) is 4.90 Å². The van der Waals surface area contributed by atoms with Crippen LogP contribution in [0, 0.1) is 0 Å². The summed E-state index contributed by atoms with van der Waals surface area (Å²) in [5.74, 6) is -1.39. The highest BCUT2D eigenvalue weighted by atomic mass is 32.2. The molecule has 1 fully saturated rings. The molecule has 1 aromatic carbocycles. The number of ether oxygens (including phenoxy) is 1. The number of benzene rings is 1. The summed E-state index contributed by atoms with van der Waals surface area (Å²) in [5.41, 5.74) is 0.582. The molecule has 1 aliphatic heterocycles. The van der Waals surface area contributed by atoms with Crippen molar-refractivity contribution < 1.29 is 29.3 Å². The summed E-state index contributed by atoms with van der Waals surface area (Å²) in [5, 5.41) is 17.6. The standard InChI is InChI=1S/C14H13NO6S/c1-21-10-6-8(2-3-9(10)16)7-11-13(19)15(14(20)22-11)5-4-12(17)18/h2-3,6-7,16H,4-5H2,1H3,(H,17,18)/b11-7+. The monoisotopic (exact) mass is 323 g/mol. The second-order valence-corrected chi connectivity index (χ2v) is 5.40. The maximum atomic E-state index is 12.1. The number of aliphatic carboxylic acids is 1. The number of methoxy groups -OCH3 is 1. The summed E-state index contributed by atoms with van der Waals surface area (Å²) in [4.78, 5) is 35.5. The Morgan fingerprint density at radius 3 is 2.77 bits per heavy atom. The van der Waals surface area contributed by atoms with Crippen LogP contribution in [0.5, 0.6) is 11.5 Å². The minimum Gasteiger partial charge on any atom is -0.504 e. The molecule has 0 atom stereocenters. The van der Waals surface area contributed by atoms with Crippen LogP contribution in [0.1, 0.15) is 12.0 Å². The predicted octanol–water partition coefficient (Wildman–Crippen LogP) is 1.91. The number of hydrogen-bond acceptors (Lipinski definition) is 6. The van der Waals surface area contributed by atoms with Gasteiger partial charge >= 0.3 is 5.97 Å². The normalized spacial score (nSPS) is 16.4.